The molecule has 0 aliphatic heterocycles. The van der Waals surface area contributed by atoms with Gasteiger partial charge in [0.1, 0.15) is 11.9 Å². The quantitative estimate of drug-likeness (QED) is 0.168. The Balaban J connectivity index is 0. The molecule has 182 valence electrons. The lowest BCUT2D eigenvalue weighted by Crippen LogP contribution is -2.22. The van der Waals surface area contributed by atoms with E-state index in [9.17, 15) is 4.79 Å². The second-order valence-electron chi connectivity index (χ2n) is 7.68. The van der Waals surface area contributed by atoms with Gasteiger partial charge < -0.3 is 24.4 Å². The normalized spacial score (nSPS) is 11.9. The van der Waals surface area contributed by atoms with Gasteiger partial charge in [0.25, 0.3) is 0 Å². The lowest BCUT2D eigenvalue weighted by atomic mass is 10.0. The van der Waals surface area contributed by atoms with E-state index in [1.807, 2.05) is 0 Å². The maximum Gasteiger partial charge on any atom is 0.314 e. The second-order valence-corrected chi connectivity index (χ2v) is 8.24. The van der Waals surface area contributed by atoms with Gasteiger partial charge in [-0.3, -0.25) is 9.36 Å². The Kier molecular flexibility index (Phi) is 28.4. The van der Waals surface area contributed by atoms with Crippen LogP contribution in [0.1, 0.15) is 103 Å². The number of methoxy groups -OCH3 is 1. The molecule has 1 atom stereocenters. The Morgan fingerprint density at radius 3 is 1.70 bits per heavy atom. The summed E-state index contributed by atoms with van der Waals surface area (Å²) in [7, 11) is -1.54. The zero-order valence-electron chi connectivity index (χ0n) is 19.3. The summed E-state index contributed by atoms with van der Waals surface area (Å²) in [5.74, 6) is 0.471. The van der Waals surface area contributed by atoms with Crippen LogP contribution in [-0.2, 0) is 18.8 Å². The molecule has 0 heterocycles. The highest BCUT2D eigenvalue weighted by atomic mass is 31.1. The fourth-order valence-corrected chi connectivity index (χ4v) is 3.05. The number of Topliss-reactive ketones (excluding diaryl/α,β-unsaturated/α-hetero) is 1. The summed E-state index contributed by atoms with van der Waals surface area (Å²) >= 11 is 0. The van der Waals surface area contributed by atoms with Crippen LogP contribution in [0, 0.1) is 0 Å². The Bertz CT molecular complexity index is 372. The summed E-state index contributed by atoms with van der Waals surface area (Å²) < 4.78 is 19.3. The number of carbonyl (C=O) groups is 1. The first-order valence-electron chi connectivity index (χ1n) is 11.6. The molecule has 3 N–H and O–H groups in total. The molecular formula is C22H47O7P. The molecule has 0 aromatic heterocycles. The fraction of sp³-hybridized carbons (Fsp3) is 0.955. The maximum absolute atomic E-state index is 11.7. The van der Waals surface area contributed by atoms with Crippen molar-refractivity contribution in [1.82, 2.24) is 0 Å². The highest BCUT2D eigenvalue weighted by Crippen LogP contribution is 2.12. The van der Waals surface area contributed by atoms with Crippen molar-refractivity contribution in [2.24, 2.45) is 0 Å². The number of hydrogen-bond donors (Lipinski definition) is 3. The van der Waals surface area contributed by atoms with Crippen LogP contribution in [0.5, 0.6) is 0 Å². The average molecular weight is 455 g/mol. The smallest absolute Gasteiger partial charge is 0.314 e. The molecular weight excluding hydrogens is 407 g/mol. The van der Waals surface area contributed by atoms with Crippen LogP contribution >= 0.6 is 8.25 Å². The standard InChI is InChI=1S/C22H44O4.H3O3P/c1-3-4-5-13-16-21(24)17-14-11-9-7-6-8-10-12-15-18-26-20-22(19-23)25-2;1-4(2)3/h22-23H,3-20H2,1-2H3;4H,(H2,1,2,3). The molecule has 7 nitrogen and oxygen atoms in total. The van der Waals surface area contributed by atoms with E-state index >= 15 is 0 Å². The molecule has 0 spiro atoms. The van der Waals surface area contributed by atoms with Crippen molar-refractivity contribution in [2.45, 2.75) is 109 Å². The Hall–Kier alpha value is -0.300. The van der Waals surface area contributed by atoms with Gasteiger partial charge in [0.15, 0.2) is 0 Å². The SMILES string of the molecule is CCCCCCC(=O)CCCCCCCCCCCOCC(CO)OC.O=[PH](O)O. The Labute approximate surface area is 184 Å². The number of rotatable bonds is 21. The summed E-state index contributed by atoms with van der Waals surface area (Å²) in [6.07, 6.45) is 17.2. The van der Waals surface area contributed by atoms with Gasteiger partial charge >= 0.3 is 8.25 Å². The zero-order chi connectivity index (χ0) is 22.9. The van der Waals surface area contributed by atoms with E-state index < -0.39 is 8.25 Å². The molecule has 30 heavy (non-hydrogen) atoms. The zero-order valence-corrected chi connectivity index (χ0v) is 20.3. The van der Waals surface area contributed by atoms with Crippen LogP contribution in [0.2, 0.25) is 0 Å². The van der Waals surface area contributed by atoms with E-state index in [4.69, 9.17) is 28.9 Å². The number of ketones is 1. The van der Waals surface area contributed by atoms with Crippen molar-refractivity contribution >= 4 is 14.0 Å². The molecule has 0 aromatic rings. The average Bonchev–Trinajstić information content (AvgIpc) is 2.71. The topological polar surface area (TPSA) is 113 Å². The van der Waals surface area contributed by atoms with Gasteiger partial charge in [0, 0.05) is 26.6 Å². The highest BCUT2D eigenvalue weighted by Gasteiger charge is 2.04. The number of aliphatic hydroxyl groups is 1. The summed E-state index contributed by atoms with van der Waals surface area (Å²) in [5.41, 5.74) is 0. The molecule has 0 saturated carbocycles. The van der Waals surface area contributed by atoms with Gasteiger partial charge in [-0.05, 0) is 19.3 Å². The second kappa shape index (κ2) is 26.7. The number of carbonyl (C=O) groups excluding carboxylic acids is 1. The minimum absolute atomic E-state index is 0.0175. The molecule has 0 amide bonds. The first-order valence-corrected chi connectivity index (χ1v) is 12.9. The summed E-state index contributed by atoms with van der Waals surface area (Å²) in [4.78, 5) is 26.0. The van der Waals surface area contributed by atoms with Crippen LogP contribution < -0.4 is 0 Å². The predicted molar refractivity (Wildman–Crippen MR) is 122 cm³/mol. The van der Waals surface area contributed by atoms with Crippen molar-refractivity contribution in [2.75, 3.05) is 26.9 Å². The Morgan fingerprint density at radius 2 is 1.27 bits per heavy atom. The predicted octanol–water partition coefficient (Wildman–Crippen LogP) is 4.81. The van der Waals surface area contributed by atoms with Crippen LogP contribution in [-0.4, -0.2) is 53.7 Å². The molecule has 0 aliphatic rings. The minimum atomic E-state index is -3.13. The third-order valence-electron chi connectivity index (χ3n) is 4.89. The van der Waals surface area contributed by atoms with Crippen molar-refractivity contribution in [3.8, 4) is 0 Å². The summed E-state index contributed by atoms with van der Waals surface area (Å²) in [6, 6.07) is 0. The first kappa shape index (κ1) is 31.9. The fourth-order valence-electron chi connectivity index (χ4n) is 3.05. The van der Waals surface area contributed by atoms with Crippen LogP contribution in [0.15, 0.2) is 0 Å². The maximum atomic E-state index is 11.7. The number of aliphatic hydroxyl groups excluding tert-OH is 1. The van der Waals surface area contributed by atoms with Crippen LogP contribution in [0.3, 0.4) is 0 Å². The van der Waals surface area contributed by atoms with Crippen molar-refractivity contribution in [3.05, 3.63) is 0 Å². The van der Waals surface area contributed by atoms with Gasteiger partial charge in [-0.25, -0.2) is 0 Å². The monoisotopic (exact) mass is 454 g/mol. The van der Waals surface area contributed by atoms with E-state index in [2.05, 4.69) is 6.92 Å². The third-order valence-corrected chi connectivity index (χ3v) is 4.89. The van der Waals surface area contributed by atoms with Gasteiger partial charge in [-0.2, -0.15) is 0 Å². The third kappa shape index (κ3) is 29.9. The minimum Gasteiger partial charge on any atom is -0.394 e. The van der Waals surface area contributed by atoms with E-state index in [-0.39, 0.29) is 12.7 Å². The summed E-state index contributed by atoms with van der Waals surface area (Å²) in [6.45, 7) is 3.46. The molecule has 8 heteroatoms. The lowest BCUT2D eigenvalue weighted by molar-refractivity contribution is -0.119. The molecule has 0 rings (SSSR count). The summed E-state index contributed by atoms with van der Waals surface area (Å²) in [5, 5.41) is 8.96. The molecule has 0 aliphatic carbocycles. The Morgan fingerprint density at radius 1 is 0.833 bits per heavy atom. The number of ether oxygens (including phenoxy) is 2. The molecule has 0 bridgehead atoms. The molecule has 0 aromatic carbocycles. The first-order chi connectivity index (χ1) is 14.5. The largest absolute Gasteiger partial charge is 0.394 e. The molecule has 0 fully saturated rings. The highest BCUT2D eigenvalue weighted by molar-refractivity contribution is 7.30. The van der Waals surface area contributed by atoms with Crippen LogP contribution in [0.25, 0.3) is 0 Å². The van der Waals surface area contributed by atoms with Crippen molar-refractivity contribution < 1.29 is 33.7 Å². The molecule has 0 radical (unpaired) electrons. The van der Waals surface area contributed by atoms with Gasteiger partial charge in [0.2, 0.25) is 0 Å². The molecule has 1 unspecified atom stereocenters. The van der Waals surface area contributed by atoms with E-state index in [1.165, 1.54) is 64.2 Å². The number of unbranched alkanes of at least 4 members (excludes halogenated alkanes) is 11. The molecule has 0 saturated heterocycles. The number of hydrogen-bond acceptors (Lipinski definition) is 5. The van der Waals surface area contributed by atoms with E-state index in [1.54, 1.807) is 7.11 Å². The van der Waals surface area contributed by atoms with Crippen molar-refractivity contribution in [1.29, 1.82) is 0 Å². The van der Waals surface area contributed by atoms with Crippen LogP contribution in [0.4, 0.5) is 0 Å². The van der Waals surface area contributed by atoms with Gasteiger partial charge in [-0.15, -0.1) is 0 Å². The van der Waals surface area contributed by atoms with E-state index in [0.717, 1.165) is 38.7 Å². The van der Waals surface area contributed by atoms with Gasteiger partial charge in [-0.1, -0.05) is 71.1 Å². The lowest BCUT2D eigenvalue weighted by Gasteiger charge is -2.12. The van der Waals surface area contributed by atoms with Gasteiger partial charge in [0.05, 0.1) is 13.2 Å². The van der Waals surface area contributed by atoms with E-state index in [0.29, 0.717) is 12.4 Å². The van der Waals surface area contributed by atoms with Crippen molar-refractivity contribution in [3.63, 3.8) is 0 Å².